The lowest BCUT2D eigenvalue weighted by atomic mass is 9.90. The van der Waals surface area contributed by atoms with Crippen LogP contribution >= 0.6 is 0 Å². The Hall–Kier alpha value is -1.65. The van der Waals surface area contributed by atoms with Gasteiger partial charge in [-0.15, -0.1) is 0 Å². The van der Waals surface area contributed by atoms with Gasteiger partial charge >= 0.3 is 0 Å². The molecule has 5 heteroatoms. The molecule has 22 heavy (non-hydrogen) atoms. The molecule has 1 spiro atoms. The Morgan fingerprint density at radius 3 is 2.64 bits per heavy atom. The maximum absolute atomic E-state index is 12.3. The molecule has 2 saturated carbocycles. The monoisotopic (exact) mass is 300 g/mol. The summed E-state index contributed by atoms with van der Waals surface area (Å²) in [4.78, 5) is 23.3. The molecule has 118 valence electrons. The van der Waals surface area contributed by atoms with Gasteiger partial charge in [-0.1, -0.05) is 0 Å². The number of aryl methyl sites for hydroxylation is 1. The van der Waals surface area contributed by atoms with Gasteiger partial charge in [-0.05, 0) is 55.9 Å². The van der Waals surface area contributed by atoms with Crippen LogP contribution in [0.2, 0.25) is 0 Å². The van der Waals surface area contributed by atoms with Crippen molar-refractivity contribution in [3.63, 3.8) is 0 Å². The number of anilines is 1. The fourth-order valence-corrected chi connectivity index (χ4v) is 3.66. The fraction of sp³-hybridized carbons (Fsp3) is 0.706. The average Bonchev–Trinajstić information content (AvgIpc) is 3.44. The predicted molar refractivity (Wildman–Crippen MR) is 84.5 cm³/mol. The maximum Gasteiger partial charge on any atom is 0.225 e. The minimum atomic E-state index is 0.257. The quantitative estimate of drug-likeness (QED) is 0.923. The van der Waals surface area contributed by atoms with E-state index in [1.54, 1.807) is 0 Å². The topological polar surface area (TPSA) is 58.1 Å². The summed E-state index contributed by atoms with van der Waals surface area (Å²) in [5.74, 6) is 2.15. The Morgan fingerprint density at radius 2 is 2.00 bits per heavy atom. The number of hydrogen-bond acceptors (Lipinski definition) is 4. The van der Waals surface area contributed by atoms with E-state index in [9.17, 15) is 4.79 Å². The van der Waals surface area contributed by atoms with Gasteiger partial charge < -0.3 is 10.2 Å². The Morgan fingerprint density at radius 1 is 1.32 bits per heavy atom. The Bertz CT molecular complexity index is 559. The van der Waals surface area contributed by atoms with Crippen molar-refractivity contribution in [2.24, 2.45) is 17.3 Å². The van der Waals surface area contributed by atoms with Crippen LogP contribution < -0.4 is 10.2 Å². The first kappa shape index (κ1) is 14.0. The predicted octanol–water partition coefficient (Wildman–Crippen LogP) is 1.92. The third kappa shape index (κ3) is 2.69. The molecule has 1 aromatic heterocycles. The second kappa shape index (κ2) is 5.21. The first-order chi connectivity index (χ1) is 10.7. The number of piperidine rings is 1. The number of carbonyl (C=O) groups excluding carboxylic acids is 1. The number of carbonyl (C=O) groups is 1. The molecule has 1 N–H and O–H groups in total. The van der Waals surface area contributed by atoms with Gasteiger partial charge in [0.15, 0.2) is 0 Å². The van der Waals surface area contributed by atoms with E-state index in [-0.39, 0.29) is 11.3 Å². The number of amides is 1. The van der Waals surface area contributed by atoms with Crippen molar-refractivity contribution in [3.8, 4) is 0 Å². The number of aromatic nitrogens is 2. The number of nitrogens with zero attached hydrogens (tertiary/aromatic N) is 3. The first-order valence-corrected chi connectivity index (χ1v) is 8.48. The second-order valence-electron chi connectivity index (χ2n) is 7.36. The molecule has 3 fully saturated rings. The molecule has 2 aliphatic carbocycles. The highest BCUT2D eigenvalue weighted by molar-refractivity contribution is 5.82. The molecule has 1 saturated heterocycles. The number of rotatable bonds is 4. The van der Waals surface area contributed by atoms with E-state index >= 15 is 0 Å². The van der Waals surface area contributed by atoms with Gasteiger partial charge in [-0.3, -0.25) is 4.79 Å². The number of nitrogens with one attached hydrogen (secondary N) is 1. The Kier molecular flexibility index (Phi) is 3.31. The molecule has 0 bridgehead atoms. The van der Waals surface area contributed by atoms with Crippen LogP contribution in [0.4, 0.5) is 5.95 Å². The molecule has 1 atom stereocenters. The van der Waals surface area contributed by atoms with Crippen LogP contribution in [-0.4, -0.2) is 35.5 Å². The third-order valence-electron chi connectivity index (χ3n) is 5.58. The van der Waals surface area contributed by atoms with Crippen molar-refractivity contribution in [1.82, 2.24) is 15.3 Å². The molecular formula is C17H24N4O. The van der Waals surface area contributed by atoms with E-state index in [0.29, 0.717) is 5.91 Å². The van der Waals surface area contributed by atoms with E-state index in [0.717, 1.165) is 56.3 Å². The van der Waals surface area contributed by atoms with Gasteiger partial charge in [0.2, 0.25) is 11.9 Å². The van der Waals surface area contributed by atoms with Crippen LogP contribution in [0.1, 0.15) is 37.7 Å². The van der Waals surface area contributed by atoms with E-state index in [2.05, 4.69) is 20.2 Å². The number of hydrogen-bond donors (Lipinski definition) is 1. The van der Waals surface area contributed by atoms with Gasteiger partial charge in [-0.2, -0.15) is 0 Å². The lowest BCUT2D eigenvalue weighted by Gasteiger charge is -2.32. The van der Waals surface area contributed by atoms with E-state index in [1.165, 1.54) is 12.8 Å². The summed E-state index contributed by atoms with van der Waals surface area (Å²) in [5.41, 5.74) is 1.36. The molecule has 4 rings (SSSR count). The zero-order chi connectivity index (χ0) is 15.2. The van der Waals surface area contributed by atoms with Gasteiger partial charge in [0.25, 0.3) is 0 Å². The van der Waals surface area contributed by atoms with Crippen LogP contribution in [0.25, 0.3) is 0 Å². The van der Waals surface area contributed by atoms with Crippen LogP contribution in [0.5, 0.6) is 0 Å². The highest BCUT2D eigenvalue weighted by atomic mass is 16.2. The summed E-state index contributed by atoms with van der Waals surface area (Å²) < 4.78 is 0. The minimum absolute atomic E-state index is 0.257. The molecule has 3 aliphatic rings. The van der Waals surface area contributed by atoms with Crippen molar-refractivity contribution < 1.29 is 4.79 Å². The second-order valence-corrected chi connectivity index (χ2v) is 7.36. The third-order valence-corrected chi connectivity index (χ3v) is 5.58. The zero-order valence-corrected chi connectivity index (χ0v) is 13.2. The summed E-state index contributed by atoms with van der Waals surface area (Å²) in [7, 11) is 0. The highest BCUT2D eigenvalue weighted by Gasteiger charge is 2.58. The van der Waals surface area contributed by atoms with Crippen molar-refractivity contribution in [2.45, 2.75) is 39.0 Å². The summed E-state index contributed by atoms with van der Waals surface area (Å²) in [5, 5.41) is 3.15. The van der Waals surface area contributed by atoms with Crippen LogP contribution in [0.15, 0.2) is 12.4 Å². The summed E-state index contributed by atoms with van der Waals surface area (Å²) in [6.07, 6.45) is 9.59. The van der Waals surface area contributed by atoms with Crippen LogP contribution in [-0.2, 0) is 4.79 Å². The standard InChI is InChI=1S/C17H24N4O/c1-12-9-19-16(20-10-12)21-6-4-17(5-7-21)8-14(17)15(22)18-11-13-2-3-13/h9-10,13-14H,2-8,11H2,1H3,(H,18,22)/t14-/m1/s1. The molecule has 0 radical (unpaired) electrons. The minimum Gasteiger partial charge on any atom is -0.356 e. The van der Waals surface area contributed by atoms with Gasteiger partial charge in [-0.25, -0.2) is 9.97 Å². The molecule has 1 aromatic rings. The smallest absolute Gasteiger partial charge is 0.225 e. The molecular weight excluding hydrogens is 276 g/mol. The summed E-state index contributed by atoms with van der Waals surface area (Å²) in [6, 6.07) is 0. The molecule has 0 aromatic carbocycles. The van der Waals surface area contributed by atoms with Crippen molar-refractivity contribution >= 4 is 11.9 Å². The lowest BCUT2D eigenvalue weighted by Crippen LogP contribution is -2.38. The lowest BCUT2D eigenvalue weighted by molar-refractivity contribution is -0.123. The first-order valence-electron chi connectivity index (χ1n) is 8.48. The normalized spacial score (nSPS) is 26.0. The molecule has 1 aliphatic heterocycles. The van der Waals surface area contributed by atoms with Crippen LogP contribution in [0.3, 0.4) is 0 Å². The molecule has 1 amide bonds. The van der Waals surface area contributed by atoms with Gasteiger partial charge in [0.05, 0.1) is 0 Å². The van der Waals surface area contributed by atoms with E-state index in [1.807, 2.05) is 19.3 Å². The largest absolute Gasteiger partial charge is 0.356 e. The van der Waals surface area contributed by atoms with Gasteiger partial charge in [0.1, 0.15) is 0 Å². The van der Waals surface area contributed by atoms with Crippen molar-refractivity contribution in [1.29, 1.82) is 0 Å². The maximum atomic E-state index is 12.3. The average molecular weight is 300 g/mol. The van der Waals surface area contributed by atoms with E-state index < -0.39 is 0 Å². The van der Waals surface area contributed by atoms with Crippen molar-refractivity contribution in [3.05, 3.63) is 18.0 Å². The summed E-state index contributed by atoms with van der Waals surface area (Å²) in [6.45, 7) is 4.84. The molecule has 2 heterocycles. The van der Waals surface area contributed by atoms with Gasteiger partial charge in [0, 0.05) is 37.9 Å². The molecule has 5 nitrogen and oxygen atoms in total. The van der Waals surface area contributed by atoms with Crippen molar-refractivity contribution in [2.75, 3.05) is 24.5 Å². The van der Waals surface area contributed by atoms with Crippen LogP contribution in [0, 0.1) is 24.2 Å². The molecule has 0 unspecified atom stereocenters. The highest BCUT2D eigenvalue weighted by Crippen LogP contribution is 2.59. The van der Waals surface area contributed by atoms with E-state index in [4.69, 9.17) is 0 Å². The SMILES string of the molecule is Cc1cnc(N2CCC3(CC2)C[C@@H]3C(=O)NCC2CC2)nc1. The summed E-state index contributed by atoms with van der Waals surface area (Å²) >= 11 is 0. The Labute approximate surface area is 131 Å². The Balaban J connectivity index is 1.30. The fourth-order valence-electron chi connectivity index (χ4n) is 3.66. The zero-order valence-electron chi connectivity index (χ0n) is 13.2.